The molecule has 2 heterocycles. The molecule has 0 spiro atoms. The van der Waals surface area contributed by atoms with E-state index in [0.29, 0.717) is 64.1 Å². The van der Waals surface area contributed by atoms with E-state index >= 15 is 0 Å². The van der Waals surface area contributed by atoms with Gasteiger partial charge in [0.15, 0.2) is 0 Å². The molecule has 39 heavy (non-hydrogen) atoms. The van der Waals surface area contributed by atoms with Gasteiger partial charge in [-0.2, -0.15) is 5.26 Å². The van der Waals surface area contributed by atoms with E-state index in [1.54, 1.807) is 0 Å². The van der Waals surface area contributed by atoms with E-state index in [1.165, 1.54) is 32.1 Å². The first-order valence-electron chi connectivity index (χ1n) is 14.7. The van der Waals surface area contributed by atoms with Crippen LogP contribution in [0.25, 0.3) is 0 Å². The van der Waals surface area contributed by atoms with Crippen LogP contribution in [0.1, 0.15) is 71.6 Å². The molecular formula is C28H48N6O5. The molecule has 2 amide bonds. The molecule has 11 heteroatoms. The van der Waals surface area contributed by atoms with Gasteiger partial charge in [-0.05, 0) is 52.5 Å². The van der Waals surface area contributed by atoms with E-state index in [2.05, 4.69) is 21.6 Å². The van der Waals surface area contributed by atoms with Gasteiger partial charge in [0.1, 0.15) is 18.2 Å². The number of morpholine rings is 1. The number of nitrogens with zero attached hydrogens (tertiary/aromatic N) is 4. The van der Waals surface area contributed by atoms with Crippen molar-refractivity contribution in [2.45, 2.75) is 89.3 Å². The van der Waals surface area contributed by atoms with E-state index in [1.807, 2.05) is 25.8 Å². The summed E-state index contributed by atoms with van der Waals surface area (Å²) in [5.74, 6) is 0.623. The van der Waals surface area contributed by atoms with E-state index in [-0.39, 0.29) is 18.6 Å². The van der Waals surface area contributed by atoms with E-state index in [4.69, 9.17) is 19.2 Å². The van der Waals surface area contributed by atoms with Crippen molar-refractivity contribution in [3.8, 4) is 6.07 Å². The van der Waals surface area contributed by atoms with Gasteiger partial charge < -0.3 is 29.3 Å². The Morgan fingerprint density at radius 1 is 1.10 bits per heavy atom. The fourth-order valence-corrected chi connectivity index (χ4v) is 5.37. The van der Waals surface area contributed by atoms with Crippen molar-refractivity contribution in [2.75, 3.05) is 59.7 Å². The number of hydrogen-bond donors (Lipinski definition) is 2. The maximum absolute atomic E-state index is 13.7. The molecule has 0 aromatic heterocycles. The monoisotopic (exact) mass is 548 g/mol. The summed E-state index contributed by atoms with van der Waals surface area (Å²) in [7, 11) is 2.02. The molecule has 3 aliphatic rings. The van der Waals surface area contributed by atoms with Crippen LogP contribution in [0.3, 0.4) is 0 Å². The molecular weight excluding hydrogens is 500 g/mol. The zero-order valence-corrected chi connectivity index (χ0v) is 24.1. The number of ether oxygens (including phenoxy) is 3. The minimum atomic E-state index is -0.899. The quantitative estimate of drug-likeness (QED) is 0.242. The van der Waals surface area contributed by atoms with Crippen LogP contribution in [0.4, 0.5) is 4.79 Å². The molecule has 0 radical (unpaired) electrons. The summed E-state index contributed by atoms with van der Waals surface area (Å²) in [6, 6.07) is 1.66. The van der Waals surface area contributed by atoms with E-state index in [9.17, 15) is 14.9 Å². The predicted octanol–water partition coefficient (Wildman–Crippen LogP) is 2.66. The first-order chi connectivity index (χ1) is 18.8. The average Bonchev–Trinajstić information content (AvgIpc) is 2.95. The Morgan fingerprint density at radius 3 is 2.44 bits per heavy atom. The highest BCUT2D eigenvalue weighted by atomic mass is 16.6. The molecule has 0 aromatic carbocycles. The molecule has 0 aromatic rings. The van der Waals surface area contributed by atoms with Gasteiger partial charge in [-0.3, -0.25) is 10.1 Å². The van der Waals surface area contributed by atoms with Gasteiger partial charge in [-0.1, -0.05) is 32.1 Å². The van der Waals surface area contributed by atoms with Crippen molar-refractivity contribution in [3.63, 3.8) is 0 Å². The molecule has 1 aliphatic carbocycles. The number of carbonyl (C=O) groups excluding carboxylic acids is 2. The van der Waals surface area contributed by atoms with Gasteiger partial charge in [0.25, 0.3) is 0 Å². The molecule has 3 rings (SSSR count). The lowest BCUT2D eigenvalue weighted by Gasteiger charge is -2.37. The van der Waals surface area contributed by atoms with Gasteiger partial charge in [0.2, 0.25) is 11.9 Å². The Labute approximate surface area is 233 Å². The van der Waals surface area contributed by atoms with Crippen LogP contribution in [-0.2, 0) is 19.0 Å². The Balaban J connectivity index is 1.76. The van der Waals surface area contributed by atoms with E-state index < -0.39 is 17.7 Å². The number of piperidine rings is 1. The average molecular weight is 549 g/mol. The SMILES string of the molecule is CC(C)OCCOC(=O)NC(=N[C@@H](CCC1CCCCC1)C(=O)NC1(C#N)CCN(C)CC1)N1CCOCC1. The second-order valence-corrected chi connectivity index (χ2v) is 11.3. The number of guanidine groups is 1. The summed E-state index contributed by atoms with van der Waals surface area (Å²) in [5, 5.41) is 15.9. The lowest BCUT2D eigenvalue weighted by atomic mass is 9.85. The Hall–Kier alpha value is -2.42. The first kappa shape index (κ1) is 31.1. The van der Waals surface area contributed by atoms with Gasteiger partial charge in [0, 0.05) is 26.2 Å². The molecule has 1 saturated carbocycles. The maximum atomic E-state index is 13.7. The molecule has 3 fully saturated rings. The van der Waals surface area contributed by atoms with Crippen LogP contribution in [0.5, 0.6) is 0 Å². The number of nitrogens with one attached hydrogen (secondary N) is 2. The fraction of sp³-hybridized carbons (Fsp3) is 0.857. The van der Waals surface area contributed by atoms with Crippen LogP contribution >= 0.6 is 0 Å². The van der Waals surface area contributed by atoms with Crippen LogP contribution in [0.15, 0.2) is 4.99 Å². The van der Waals surface area contributed by atoms with Crippen molar-refractivity contribution in [2.24, 2.45) is 10.9 Å². The highest BCUT2D eigenvalue weighted by molar-refractivity contribution is 5.96. The Morgan fingerprint density at radius 2 is 1.79 bits per heavy atom. The summed E-state index contributed by atoms with van der Waals surface area (Å²) in [6.07, 6.45) is 8.07. The molecule has 0 unspecified atom stereocenters. The number of aliphatic imine (C=N–C) groups is 1. The summed E-state index contributed by atoms with van der Waals surface area (Å²) >= 11 is 0. The smallest absolute Gasteiger partial charge is 0.414 e. The van der Waals surface area contributed by atoms with Crippen molar-refractivity contribution in [1.29, 1.82) is 5.26 Å². The Kier molecular flexibility index (Phi) is 12.8. The summed E-state index contributed by atoms with van der Waals surface area (Å²) in [4.78, 5) is 35.3. The fourth-order valence-electron chi connectivity index (χ4n) is 5.37. The lowest BCUT2D eigenvalue weighted by Crippen LogP contribution is -2.56. The highest BCUT2D eigenvalue weighted by Gasteiger charge is 2.37. The molecule has 1 atom stereocenters. The molecule has 2 saturated heterocycles. The molecule has 2 aliphatic heterocycles. The van der Waals surface area contributed by atoms with Crippen molar-refractivity contribution >= 4 is 18.0 Å². The van der Waals surface area contributed by atoms with Crippen molar-refractivity contribution in [3.05, 3.63) is 0 Å². The predicted molar refractivity (Wildman–Crippen MR) is 148 cm³/mol. The van der Waals surface area contributed by atoms with Crippen LogP contribution in [0, 0.1) is 17.2 Å². The molecule has 220 valence electrons. The standard InChI is InChI=1S/C28H48N6O5/c1-22(2)38-19-20-39-27(36)31-26(34-15-17-37-18-16-34)30-24(10-9-23-7-5-4-6-8-23)25(35)32-28(21-29)11-13-33(3)14-12-28/h22-24H,4-20H2,1-3H3,(H,32,35)(H,30,31,36)/t24-/m0/s1. The zero-order valence-electron chi connectivity index (χ0n) is 24.1. The van der Waals surface area contributed by atoms with Gasteiger partial charge in [-0.25, -0.2) is 9.79 Å². The number of rotatable bonds is 10. The minimum absolute atomic E-state index is 0.0480. The van der Waals surface area contributed by atoms with Gasteiger partial charge in [0.05, 0.1) is 32.0 Å². The highest BCUT2D eigenvalue weighted by Crippen LogP contribution is 2.29. The zero-order chi connectivity index (χ0) is 28.1. The number of carbonyl (C=O) groups is 2. The minimum Gasteiger partial charge on any atom is -0.447 e. The normalized spacial score (nSPS) is 21.7. The summed E-state index contributed by atoms with van der Waals surface area (Å²) < 4.78 is 16.3. The van der Waals surface area contributed by atoms with Crippen LogP contribution < -0.4 is 10.6 Å². The second kappa shape index (κ2) is 16.0. The van der Waals surface area contributed by atoms with Crippen molar-refractivity contribution in [1.82, 2.24) is 20.4 Å². The third-order valence-electron chi connectivity index (χ3n) is 7.86. The van der Waals surface area contributed by atoms with Crippen LogP contribution in [-0.4, -0.2) is 105 Å². The topological polar surface area (TPSA) is 129 Å². The lowest BCUT2D eigenvalue weighted by molar-refractivity contribution is -0.124. The van der Waals surface area contributed by atoms with Crippen LogP contribution in [0.2, 0.25) is 0 Å². The van der Waals surface area contributed by atoms with Gasteiger partial charge >= 0.3 is 6.09 Å². The summed E-state index contributed by atoms with van der Waals surface area (Å²) in [6.45, 7) is 7.84. The number of alkyl carbamates (subject to hydrolysis) is 1. The van der Waals surface area contributed by atoms with E-state index in [0.717, 1.165) is 19.5 Å². The molecule has 0 bridgehead atoms. The van der Waals surface area contributed by atoms with Gasteiger partial charge in [-0.15, -0.1) is 0 Å². The number of hydrogen-bond acceptors (Lipinski definition) is 8. The Bertz CT molecular complexity index is 840. The first-order valence-corrected chi connectivity index (χ1v) is 14.7. The van der Waals surface area contributed by atoms with Crippen molar-refractivity contribution < 1.29 is 23.8 Å². The second-order valence-electron chi connectivity index (χ2n) is 11.3. The number of likely N-dealkylation sites (tertiary alicyclic amines) is 1. The third kappa shape index (κ3) is 10.6. The summed E-state index contributed by atoms with van der Waals surface area (Å²) in [5.41, 5.74) is -0.899. The third-order valence-corrected chi connectivity index (χ3v) is 7.86. The number of amides is 2. The maximum Gasteiger partial charge on any atom is 0.414 e. The molecule has 2 N–H and O–H groups in total. The number of nitriles is 1. The largest absolute Gasteiger partial charge is 0.447 e. The molecule has 11 nitrogen and oxygen atoms in total.